The highest BCUT2D eigenvalue weighted by Crippen LogP contribution is 2.61. The van der Waals surface area contributed by atoms with Gasteiger partial charge in [0, 0.05) is 43.2 Å². The summed E-state index contributed by atoms with van der Waals surface area (Å²) < 4.78 is 9.69. The van der Waals surface area contributed by atoms with Gasteiger partial charge in [0.2, 0.25) is 0 Å². The summed E-state index contributed by atoms with van der Waals surface area (Å²) in [6, 6.07) is 72.8. The third-order valence-corrected chi connectivity index (χ3v) is 15.6. The van der Waals surface area contributed by atoms with Gasteiger partial charge in [-0.05, 0) is 92.2 Å². The van der Waals surface area contributed by atoms with Crippen molar-refractivity contribution in [2.24, 2.45) is 0 Å². The molecule has 5 heteroatoms. The van der Waals surface area contributed by atoms with Crippen LogP contribution in [0.25, 0.3) is 53.2 Å². The molecule has 0 spiro atoms. The van der Waals surface area contributed by atoms with Gasteiger partial charge in [-0.1, -0.05) is 172 Å². The fraction of sp³-hybridized carbons (Fsp3) is 0.0847. The van der Waals surface area contributed by atoms with Crippen LogP contribution in [0.15, 0.2) is 199 Å². The Hall–Kier alpha value is -7.34. The maximum Gasteiger partial charge on any atom is 0.333 e. The number of nitrogens with zero attached hydrogens (tertiary/aromatic N) is 2. The van der Waals surface area contributed by atoms with Crippen LogP contribution in [0.2, 0.25) is 0 Å². The van der Waals surface area contributed by atoms with Gasteiger partial charge in [0.05, 0.1) is 27.2 Å². The Morgan fingerprint density at radius 3 is 1.97 bits per heavy atom. The first-order valence-electron chi connectivity index (χ1n) is 22.4. The summed E-state index contributed by atoms with van der Waals surface area (Å²) in [6.45, 7) is 6.70. The zero-order valence-electron chi connectivity index (χ0n) is 35.8. The molecule has 0 bridgehead atoms. The van der Waals surface area contributed by atoms with E-state index in [1.807, 2.05) is 11.3 Å². The quantitative estimate of drug-likeness (QED) is 0.165. The van der Waals surface area contributed by atoms with Crippen LogP contribution in [-0.2, 0) is 10.8 Å². The molecule has 14 rings (SSSR count). The Labute approximate surface area is 376 Å². The van der Waals surface area contributed by atoms with E-state index in [-0.39, 0.29) is 12.3 Å². The topological polar surface area (TPSA) is 19.6 Å². The van der Waals surface area contributed by atoms with Gasteiger partial charge in [-0.25, -0.2) is 0 Å². The van der Waals surface area contributed by atoms with Crippen LogP contribution in [0, 0.1) is 0 Å². The molecule has 2 aromatic heterocycles. The molecule has 64 heavy (non-hydrogen) atoms. The van der Waals surface area contributed by atoms with E-state index in [0.29, 0.717) is 0 Å². The first-order valence-corrected chi connectivity index (χ1v) is 23.2. The molecule has 11 aromatic rings. The van der Waals surface area contributed by atoms with Gasteiger partial charge in [-0.15, -0.1) is 11.3 Å². The average Bonchev–Trinajstić information content (AvgIpc) is 3.91. The number of para-hydroxylation sites is 3. The van der Waals surface area contributed by atoms with Crippen molar-refractivity contribution >= 4 is 99.7 Å². The van der Waals surface area contributed by atoms with Gasteiger partial charge in [0.25, 0.3) is 0 Å². The predicted molar refractivity (Wildman–Crippen MR) is 271 cm³/mol. The van der Waals surface area contributed by atoms with Crippen LogP contribution in [0.5, 0.6) is 0 Å². The van der Waals surface area contributed by atoms with Crippen molar-refractivity contribution in [1.82, 2.24) is 0 Å². The number of rotatable bonds is 3. The van der Waals surface area contributed by atoms with E-state index in [1.54, 1.807) is 0 Å². The van der Waals surface area contributed by atoms with Crippen molar-refractivity contribution < 1.29 is 4.42 Å². The van der Waals surface area contributed by atoms with Crippen LogP contribution in [0.4, 0.5) is 28.4 Å². The van der Waals surface area contributed by atoms with Crippen molar-refractivity contribution in [2.45, 2.75) is 31.6 Å². The van der Waals surface area contributed by atoms with E-state index < -0.39 is 5.41 Å². The molecule has 3 aliphatic heterocycles. The second-order valence-electron chi connectivity index (χ2n) is 18.7. The summed E-state index contributed by atoms with van der Waals surface area (Å²) in [4.78, 5) is 5.31. The molecule has 0 atom stereocenters. The molecule has 0 radical (unpaired) electrons. The summed E-state index contributed by atoms with van der Waals surface area (Å²) in [6.07, 6.45) is 0. The SMILES string of the molecule is CC(C)(C)c1ccc(N2B3c4cccc5c4N(c4ccccc4C5(c4ccccc4)c4ccccc4)c4c3c(cc3c4sc4ccccc43)-c3ccc4c(oc5ccccc54)c32)cc1. The largest absolute Gasteiger partial charge is 0.454 e. The second kappa shape index (κ2) is 12.9. The molecule has 3 aliphatic rings. The van der Waals surface area contributed by atoms with Gasteiger partial charge < -0.3 is 14.1 Å². The summed E-state index contributed by atoms with van der Waals surface area (Å²) in [5, 5.41) is 4.84. The van der Waals surface area contributed by atoms with E-state index in [9.17, 15) is 0 Å². The fourth-order valence-electron chi connectivity index (χ4n) is 11.7. The number of thiophene rings is 1. The molecule has 0 unspecified atom stereocenters. The lowest BCUT2D eigenvalue weighted by atomic mass is 9.42. The number of hydrogen-bond donors (Lipinski definition) is 0. The minimum Gasteiger partial charge on any atom is -0.454 e. The van der Waals surface area contributed by atoms with Gasteiger partial charge in [0.1, 0.15) is 5.58 Å². The fourth-order valence-corrected chi connectivity index (χ4v) is 13.0. The zero-order valence-corrected chi connectivity index (χ0v) is 36.6. The highest BCUT2D eigenvalue weighted by Gasteiger charge is 2.54. The van der Waals surface area contributed by atoms with E-state index in [1.165, 1.54) is 87.1 Å². The highest BCUT2D eigenvalue weighted by atomic mass is 32.1. The molecule has 0 aliphatic carbocycles. The Balaban J connectivity index is 1.19. The molecule has 0 saturated carbocycles. The molecule has 0 amide bonds. The highest BCUT2D eigenvalue weighted by molar-refractivity contribution is 7.26. The zero-order chi connectivity index (χ0) is 42.5. The molecular formula is C59H41BN2OS. The summed E-state index contributed by atoms with van der Waals surface area (Å²) in [5.74, 6) is 0. The monoisotopic (exact) mass is 836 g/mol. The number of furan rings is 1. The van der Waals surface area contributed by atoms with Crippen molar-refractivity contribution in [3.63, 3.8) is 0 Å². The summed E-state index contributed by atoms with van der Waals surface area (Å²) in [5.41, 5.74) is 18.6. The van der Waals surface area contributed by atoms with Gasteiger partial charge in [-0.3, -0.25) is 0 Å². The number of anilines is 5. The Morgan fingerprint density at radius 1 is 0.531 bits per heavy atom. The molecular weight excluding hydrogens is 796 g/mol. The molecule has 0 N–H and O–H groups in total. The maximum absolute atomic E-state index is 7.09. The lowest BCUT2D eigenvalue weighted by Crippen LogP contribution is -2.62. The van der Waals surface area contributed by atoms with Crippen LogP contribution in [0.1, 0.15) is 48.6 Å². The van der Waals surface area contributed by atoms with E-state index in [4.69, 9.17) is 4.42 Å². The molecule has 9 aromatic carbocycles. The summed E-state index contributed by atoms with van der Waals surface area (Å²) in [7, 11) is 0. The van der Waals surface area contributed by atoms with Crippen molar-refractivity contribution in [2.75, 3.05) is 9.71 Å². The number of hydrogen-bond acceptors (Lipinski definition) is 4. The first kappa shape index (κ1) is 36.2. The maximum atomic E-state index is 7.09. The first-order chi connectivity index (χ1) is 31.4. The van der Waals surface area contributed by atoms with Gasteiger partial charge in [-0.2, -0.15) is 0 Å². The Kier molecular flexibility index (Phi) is 7.28. The number of benzene rings is 9. The Bertz CT molecular complexity index is 3690. The van der Waals surface area contributed by atoms with Gasteiger partial charge >= 0.3 is 6.85 Å². The molecule has 0 fully saturated rings. The molecule has 3 nitrogen and oxygen atoms in total. The van der Waals surface area contributed by atoms with Crippen LogP contribution in [0.3, 0.4) is 0 Å². The lowest BCUT2D eigenvalue weighted by Gasteiger charge is -2.52. The minimum absolute atomic E-state index is 0.00628. The van der Waals surface area contributed by atoms with Gasteiger partial charge in [0.15, 0.2) is 5.58 Å². The minimum atomic E-state index is -0.604. The second-order valence-corrected chi connectivity index (χ2v) is 19.8. The molecule has 5 heterocycles. The van der Waals surface area contributed by atoms with Crippen LogP contribution < -0.4 is 20.6 Å². The van der Waals surface area contributed by atoms with Crippen molar-refractivity contribution in [1.29, 1.82) is 0 Å². The average molecular weight is 837 g/mol. The van der Waals surface area contributed by atoms with Crippen LogP contribution >= 0.6 is 11.3 Å². The smallest absolute Gasteiger partial charge is 0.333 e. The number of fused-ring (bicyclic) bond motifs is 14. The van der Waals surface area contributed by atoms with Crippen molar-refractivity contribution in [3.05, 3.63) is 222 Å². The third kappa shape index (κ3) is 4.62. The van der Waals surface area contributed by atoms with Crippen molar-refractivity contribution in [3.8, 4) is 11.1 Å². The van der Waals surface area contributed by atoms with E-state index >= 15 is 0 Å². The third-order valence-electron chi connectivity index (χ3n) is 14.5. The predicted octanol–water partition coefficient (Wildman–Crippen LogP) is 14.7. The molecule has 0 saturated heterocycles. The van der Waals surface area contributed by atoms with Crippen LogP contribution in [-0.4, -0.2) is 6.85 Å². The summed E-state index contributed by atoms with van der Waals surface area (Å²) >= 11 is 1.92. The molecule has 302 valence electrons. The normalized spacial score (nSPS) is 14.5. The Morgan fingerprint density at radius 2 is 1.20 bits per heavy atom. The standard InChI is InChI=1S/C59H41BN2OS/c1-58(2,3)36-29-31-39(32-30-36)62-53-42(33-34-43-40-21-10-14-27-50(40)63-56(43)53)44-35-45-41-22-11-15-28-51(41)64-57(45)55-52(44)60(62)48-25-16-24-47-54(48)61(55)49-26-13-12-23-46(49)59(47,37-17-6-4-7-18-37)38-19-8-5-9-20-38/h4-35H,1-3H3. The van der Waals surface area contributed by atoms with E-state index in [2.05, 4.69) is 225 Å². The lowest BCUT2D eigenvalue weighted by molar-refractivity contribution is 0.590. The van der Waals surface area contributed by atoms with E-state index in [0.717, 1.165) is 33.3 Å².